The molecule has 5 nitrogen and oxygen atoms in total. The maximum atomic E-state index is 12.3. The first-order chi connectivity index (χ1) is 14.1. The molecule has 0 aliphatic carbocycles. The highest BCUT2D eigenvalue weighted by Crippen LogP contribution is 2.22. The molecular formula is C23H18BrN3O2. The number of nitrogens with zero attached hydrogens (tertiary/aromatic N) is 1. The molecule has 0 saturated carbocycles. The zero-order valence-corrected chi connectivity index (χ0v) is 17.0. The number of para-hydroxylation sites is 1. The van der Waals surface area contributed by atoms with Gasteiger partial charge in [0.15, 0.2) is 0 Å². The van der Waals surface area contributed by atoms with E-state index in [2.05, 4.69) is 26.6 Å². The maximum absolute atomic E-state index is 12.3. The summed E-state index contributed by atoms with van der Waals surface area (Å²) in [7, 11) is 0. The largest absolute Gasteiger partial charge is 0.457 e. The minimum Gasteiger partial charge on any atom is -0.457 e. The van der Waals surface area contributed by atoms with Gasteiger partial charge >= 0.3 is 0 Å². The highest BCUT2D eigenvalue weighted by molar-refractivity contribution is 9.10. The number of benzene rings is 3. The molecule has 3 rings (SSSR count). The van der Waals surface area contributed by atoms with Gasteiger partial charge in [0.1, 0.15) is 23.1 Å². The van der Waals surface area contributed by atoms with E-state index in [-0.39, 0.29) is 5.57 Å². The standard InChI is InChI=1S/C23H18BrN3O2/c24-19-8-6-17(7-9-19)15-26-16-18(14-25)23(28)27-20-10-12-22(13-11-20)29-21-4-2-1-3-5-21/h1-13,16,26H,15H2,(H,27,28)/b18-16-. The smallest absolute Gasteiger partial charge is 0.267 e. The molecule has 1 amide bonds. The van der Waals surface area contributed by atoms with Crippen LogP contribution in [0.4, 0.5) is 5.69 Å². The molecule has 0 aliphatic heterocycles. The predicted molar refractivity (Wildman–Crippen MR) is 116 cm³/mol. The van der Waals surface area contributed by atoms with E-state index in [1.54, 1.807) is 24.3 Å². The molecule has 29 heavy (non-hydrogen) atoms. The average Bonchev–Trinajstić information content (AvgIpc) is 2.74. The van der Waals surface area contributed by atoms with Crippen molar-refractivity contribution in [1.29, 1.82) is 5.26 Å². The zero-order valence-electron chi connectivity index (χ0n) is 15.4. The van der Waals surface area contributed by atoms with E-state index in [9.17, 15) is 10.1 Å². The summed E-state index contributed by atoms with van der Waals surface area (Å²) in [6.07, 6.45) is 1.42. The molecule has 2 N–H and O–H groups in total. The van der Waals surface area contributed by atoms with Crippen LogP contribution in [0, 0.1) is 11.3 Å². The average molecular weight is 448 g/mol. The lowest BCUT2D eigenvalue weighted by atomic mass is 10.2. The fourth-order valence-corrected chi connectivity index (χ4v) is 2.72. The Morgan fingerprint density at radius 3 is 2.28 bits per heavy atom. The Kier molecular flexibility index (Phi) is 7.04. The van der Waals surface area contributed by atoms with E-state index >= 15 is 0 Å². The second-order valence-electron chi connectivity index (χ2n) is 6.07. The van der Waals surface area contributed by atoms with Gasteiger partial charge in [-0.3, -0.25) is 4.79 Å². The Labute approximate surface area is 177 Å². The lowest BCUT2D eigenvalue weighted by Crippen LogP contribution is -2.16. The number of hydrogen-bond acceptors (Lipinski definition) is 4. The second kappa shape index (κ2) is 10.1. The third kappa shape index (κ3) is 6.23. The van der Waals surface area contributed by atoms with E-state index in [1.165, 1.54) is 6.20 Å². The van der Waals surface area contributed by atoms with Gasteiger partial charge in [-0.25, -0.2) is 0 Å². The summed E-state index contributed by atoms with van der Waals surface area (Å²) in [5.74, 6) is 0.907. The summed E-state index contributed by atoms with van der Waals surface area (Å²) in [6.45, 7) is 0.511. The van der Waals surface area contributed by atoms with Crippen molar-refractivity contribution < 1.29 is 9.53 Å². The normalized spacial score (nSPS) is 10.7. The first-order valence-electron chi connectivity index (χ1n) is 8.86. The molecule has 6 heteroatoms. The third-order valence-corrected chi connectivity index (χ3v) is 4.45. The number of ether oxygens (including phenoxy) is 1. The van der Waals surface area contributed by atoms with Crippen LogP contribution in [-0.2, 0) is 11.3 Å². The van der Waals surface area contributed by atoms with Gasteiger partial charge in [-0.2, -0.15) is 5.26 Å². The summed E-state index contributed by atoms with van der Waals surface area (Å²) >= 11 is 3.38. The highest BCUT2D eigenvalue weighted by atomic mass is 79.9. The molecule has 3 aromatic rings. The highest BCUT2D eigenvalue weighted by Gasteiger charge is 2.09. The Bertz CT molecular complexity index is 1020. The van der Waals surface area contributed by atoms with Crippen LogP contribution in [0.5, 0.6) is 11.5 Å². The van der Waals surface area contributed by atoms with Crippen molar-refractivity contribution in [2.24, 2.45) is 0 Å². The minimum atomic E-state index is -0.479. The van der Waals surface area contributed by atoms with E-state index in [4.69, 9.17) is 4.74 Å². The number of nitriles is 1. The molecule has 0 aliphatic rings. The molecule has 0 radical (unpaired) electrons. The molecule has 0 heterocycles. The van der Waals surface area contributed by atoms with Crippen molar-refractivity contribution in [3.8, 4) is 17.6 Å². The van der Waals surface area contributed by atoms with Crippen LogP contribution >= 0.6 is 15.9 Å². The van der Waals surface area contributed by atoms with Crippen LogP contribution < -0.4 is 15.4 Å². The van der Waals surface area contributed by atoms with Gasteiger partial charge in [-0.05, 0) is 54.1 Å². The van der Waals surface area contributed by atoms with E-state index in [1.807, 2.05) is 60.7 Å². The van der Waals surface area contributed by atoms with Gasteiger partial charge in [-0.15, -0.1) is 0 Å². The third-order valence-electron chi connectivity index (χ3n) is 3.92. The van der Waals surface area contributed by atoms with Gasteiger partial charge < -0.3 is 15.4 Å². The lowest BCUT2D eigenvalue weighted by Gasteiger charge is -2.08. The number of amides is 1. The maximum Gasteiger partial charge on any atom is 0.267 e. The molecule has 3 aromatic carbocycles. The summed E-state index contributed by atoms with van der Waals surface area (Å²) in [5, 5.41) is 15.0. The number of nitrogens with one attached hydrogen (secondary N) is 2. The second-order valence-corrected chi connectivity index (χ2v) is 6.99. The zero-order chi connectivity index (χ0) is 20.5. The Balaban J connectivity index is 1.56. The van der Waals surface area contributed by atoms with Gasteiger partial charge in [-0.1, -0.05) is 46.3 Å². The lowest BCUT2D eigenvalue weighted by molar-refractivity contribution is -0.112. The summed E-state index contributed by atoms with van der Waals surface area (Å²) in [5.41, 5.74) is 1.60. The molecular weight excluding hydrogens is 430 g/mol. The fourth-order valence-electron chi connectivity index (χ4n) is 2.45. The summed E-state index contributed by atoms with van der Waals surface area (Å²) in [6, 6.07) is 26.1. The number of hydrogen-bond donors (Lipinski definition) is 2. The van der Waals surface area contributed by atoms with Crippen LogP contribution in [0.15, 0.2) is 95.1 Å². The van der Waals surface area contributed by atoms with Crippen molar-refractivity contribution in [3.63, 3.8) is 0 Å². The number of carbonyl (C=O) groups is 1. The molecule has 0 spiro atoms. The molecule has 144 valence electrons. The Hall–Kier alpha value is -3.56. The summed E-state index contributed by atoms with van der Waals surface area (Å²) < 4.78 is 6.71. The van der Waals surface area contributed by atoms with Crippen LogP contribution in [-0.4, -0.2) is 5.91 Å². The summed E-state index contributed by atoms with van der Waals surface area (Å²) in [4.78, 5) is 12.3. The first kappa shape index (κ1) is 20.2. The van der Waals surface area contributed by atoms with Gasteiger partial charge in [0.25, 0.3) is 5.91 Å². The van der Waals surface area contributed by atoms with Gasteiger partial charge in [0.05, 0.1) is 0 Å². The van der Waals surface area contributed by atoms with Crippen LogP contribution in [0.3, 0.4) is 0 Å². The topological polar surface area (TPSA) is 74.2 Å². The van der Waals surface area contributed by atoms with Crippen molar-refractivity contribution in [1.82, 2.24) is 5.32 Å². The fraction of sp³-hybridized carbons (Fsp3) is 0.0435. The monoisotopic (exact) mass is 447 g/mol. The van der Waals surface area contributed by atoms with Crippen LogP contribution in [0.1, 0.15) is 5.56 Å². The first-order valence-corrected chi connectivity index (χ1v) is 9.66. The quantitative estimate of drug-likeness (QED) is 0.376. The number of halogens is 1. The SMILES string of the molecule is N#C/C(=C/NCc1ccc(Br)cc1)C(=O)Nc1ccc(Oc2ccccc2)cc1. The predicted octanol–water partition coefficient (Wildman–Crippen LogP) is 5.38. The van der Waals surface area contributed by atoms with E-state index < -0.39 is 5.91 Å². The number of anilines is 1. The van der Waals surface area contributed by atoms with Crippen molar-refractivity contribution in [2.75, 3.05) is 5.32 Å². The van der Waals surface area contributed by atoms with Gasteiger partial charge in [0, 0.05) is 22.9 Å². The van der Waals surface area contributed by atoms with Crippen molar-refractivity contribution >= 4 is 27.5 Å². The molecule has 0 bridgehead atoms. The van der Waals surface area contributed by atoms with Crippen LogP contribution in [0.2, 0.25) is 0 Å². The molecule has 0 atom stereocenters. The van der Waals surface area contributed by atoms with Crippen LogP contribution in [0.25, 0.3) is 0 Å². The minimum absolute atomic E-state index is 0.00766. The van der Waals surface area contributed by atoms with Crippen molar-refractivity contribution in [3.05, 3.63) is 101 Å². The van der Waals surface area contributed by atoms with Crippen molar-refractivity contribution in [2.45, 2.75) is 6.54 Å². The molecule has 0 fully saturated rings. The number of carbonyl (C=O) groups excluding carboxylic acids is 1. The Morgan fingerprint density at radius 1 is 0.966 bits per heavy atom. The number of rotatable bonds is 7. The van der Waals surface area contributed by atoms with E-state index in [0.29, 0.717) is 18.0 Å². The molecule has 0 aromatic heterocycles. The Morgan fingerprint density at radius 2 is 1.62 bits per heavy atom. The van der Waals surface area contributed by atoms with Gasteiger partial charge in [0.2, 0.25) is 0 Å². The van der Waals surface area contributed by atoms with E-state index in [0.717, 1.165) is 15.8 Å². The molecule has 0 saturated heterocycles. The molecule has 0 unspecified atom stereocenters.